The lowest BCUT2D eigenvalue weighted by Gasteiger charge is -2.33. The molecule has 0 amide bonds. The fourth-order valence-corrected chi connectivity index (χ4v) is 2.32. The molecule has 1 N–H and O–H groups in total. The molecule has 0 aromatic carbocycles. The van der Waals surface area contributed by atoms with E-state index in [1.165, 1.54) is 7.11 Å². The summed E-state index contributed by atoms with van der Waals surface area (Å²) in [4.78, 5) is 11.9. The highest BCUT2D eigenvalue weighted by Gasteiger charge is 2.52. The molecule has 4 nitrogen and oxygen atoms in total. The Kier molecular flexibility index (Phi) is 3.00. The van der Waals surface area contributed by atoms with Gasteiger partial charge in [0.2, 0.25) is 0 Å². The molecule has 15 heavy (non-hydrogen) atoms. The van der Waals surface area contributed by atoms with Crippen molar-refractivity contribution in [2.45, 2.75) is 32.2 Å². The number of ether oxygens (including phenoxy) is 1. The first kappa shape index (κ1) is 11.9. The molecule has 0 aromatic heterocycles. The van der Waals surface area contributed by atoms with Crippen LogP contribution in [0.25, 0.3) is 0 Å². The van der Waals surface area contributed by atoms with Crippen LogP contribution in [0.1, 0.15) is 26.7 Å². The summed E-state index contributed by atoms with van der Waals surface area (Å²) in [5.41, 5.74) is -1.29. The average Bonchev–Trinajstić information content (AvgIpc) is 2.37. The van der Waals surface area contributed by atoms with E-state index in [-0.39, 0.29) is 12.4 Å². The molecule has 5 heteroatoms. The van der Waals surface area contributed by atoms with Crippen LogP contribution in [0.5, 0.6) is 0 Å². The second kappa shape index (κ2) is 3.78. The van der Waals surface area contributed by atoms with Crippen molar-refractivity contribution < 1.29 is 9.53 Å². The molecular formula is C10H14N2O2S. The second-order valence-corrected chi connectivity index (χ2v) is 4.77. The minimum atomic E-state index is -0.793. The van der Waals surface area contributed by atoms with Crippen LogP contribution >= 0.6 is 12.2 Å². The van der Waals surface area contributed by atoms with Gasteiger partial charge in [0, 0.05) is 11.8 Å². The van der Waals surface area contributed by atoms with E-state index < -0.39 is 11.0 Å². The maximum absolute atomic E-state index is 11.3. The molecule has 82 valence electrons. The van der Waals surface area contributed by atoms with Crippen molar-refractivity contribution >= 4 is 23.2 Å². The number of esters is 1. The van der Waals surface area contributed by atoms with E-state index in [2.05, 4.69) is 16.1 Å². The SMILES string of the molecule is COC(=O)C[C@@]1(C)CC(=S)N[C@@]1(C)C#N. The summed E-state index contributed by atoms with van der Waals surface area (Å²) in [5, 5.41) is 12.1. The highest BCUT2D eigenvalue weighted by Crippen LogP contribution is 2.43. The normalized spacial score (nSPS) is 34.4. The quantitative estimate of drug-likeness (QED) is 0.565. The minimum Gasteiger partial charge on any atom is -0.469 e. The second-order valence-electron chi connectivity index (χ2n) is 4.28. The van der Waals surface area contributed by atoms with Gasteiger partial charge in [0.1, 0.15) is 5.54 Å². The van der Waals surface area contributed by atoms with Crippen LogP contribution in [-0.4, -0.2) is 23.6 Å². The number of nitrogens with zero attached hydrogens (tertiary/aromatic N) is 1. The molecule has 0 saturated carbocycles. The molecule has 1 fully saturated rings. The lowest BCUT2D eigenvalue weighted by Crippen LogP contribution is -2.48. The summed E-state index contributed by atoms with van der Waals surface area (Å²) in [5.74, 6) is -0.314. The van der Waals surface area contributed by atoms with Crippen molar-refractivity contribution in [2.24, 2.45) is 5.41 Å². The van der Waals surface area contributed by atoms with Gasteiger partial charge in [-0.25, -0.2) is 0 Å². The predicted octanol–water partition coefficient (Wildman–Crippen LogP) is 1.16. The molecule has 0 bridgehead atoms. The summed E-state index contributed by atoms with van der Waals surface area (Å²) in [6.45, 7) is 3.63. The van der Waals surface area contributed by atoms with Crippen molar-refractivity contribution in [3.63, 3.8) is 0 Å². The highest BCUT2D eigenvalue weighted by molar-refractivity contribution is 7.80. The van der Waals surface area contributed by atoms with Gasteiger partial charge in [-0.15, -0.1) is 0 Å². The molecule has 2 atom stereocenters. The fraction of sp³-hybridized carbons (Fsp3) is 0.700. The van der Waals surface area contributed by atoms with Crippen LogP contribution in [0.15, 0.2) is 0 Å². The summed E-state index contributed by atoms with van der Waals surface area (Å²) in [6, 6.07) is 2.18. The van der Waals surface area contributed by atoms with Crippen LogP contribution in [0.2, 0.25) is 0 Å². The predicted molar refractivity (Wildman–Crippen MR) is 59.1 cm³/mol. The molecule has 0 spiro atoms. The van der Waals surface area contributed by atoms with Crippen LogP contribution in [0, 0.1) is 16.7 Å². The maximum Gasteiger partial charge on any atom is 0.306 e. The Labute approximate surface area is 94.6 Å². The lowest BCUT2D eigenvalue weighted by atomic mass is 9.71. The van der Waals surface area contributed by atoms with Crippen molar-refractivity contribution in [1.82, 2.24) is 5.32 Å². The number of carbonyl (C=O) groups excluding carboxylic acids is 1. The third-order valence-corrected chi connectivity index (χ3v) is 3.38. The molecule has 1 aliphatic heterocycles. The van der Waals surface area contributed by atoms with Gasteiger partial charge in [0.05, 0.1) is 24.6 Å². The number of hydrogen-bond donors (Lipinski definition) is 1. The van der Waals surface area contributed by atoms with Crippen molar-refractivity contribution in [3.05, 3.63) is 0 Å². The molecule has 1 rings (SSSR count). The summed E-state index contributed by atoms with van der Waals surface area (Å²) >= 11 is 5.06. The average molecular weight is 226 g/mol. The first-order valence-electron chi connectivity index (χ1n) is 4.66. The number of rotatable bonds is 2. The first-order chi connectivity index (χ1) is 6.87. The summed E-state index contributed by atoms with van der Waals surface area (Å²) in [6.07, 6.45) is 0.738. The zero-order chi connectivity index (χ0) is 11.7. The zero-order valence-corrected chi connectivity index (χ0v) is 9.90. The molecule has 0 radical (unpaired) electrons. The van der Waals surface area contributed by atoms with E-state index in [4.69, 9.17) is 17.5 Å². The standard InChI is InChI=1S/C10H14N2O2S/c1-9(5-8(13)14-3)4-7(15)12-10(9,2)6-11/h4-5H2,1-3H3,(H,12,15)/t9-,10+/m1/s1. The number of nitriles is 1. The Morgan fingerprint density at radius 3 is 2.80 bits per heavy atom. The van der Waals surface area contributed by atoms with Gasteiger partial charge in [0.15, 0.2) is 0 Å². The third kappa shape index (κ3) is 1.95. The Balaban J connectivity index is 2.96. The smallest absolute Gasteiger partial charge is 0.306 e. The lowest BCUT2D eigenvalue weighted by molar-refractivity contribution is -0.143. The van der Waals surface area contributed by atoms with E-state index in [1.54, 1.807) is 6.92 Å². The molecule has 0 unspecified atom stereocenters. The van der Waals surface area contributed by atoms with Gasteiger partial charge in [-0.1, -0.05) is 19.1 Å². The number of carbonyl (C=O) groups is 1. The molecule has 1 heterocycles. The van der Waals surface area contributed by atoms with Gasteiger partial charge in [-0.3, -0.25) is 4.79 Å². The summed E-state index contributed by atoms with van der Waals surface area (Å²) < 4.78 is 4.63. The van der Waals surface area contributed by atoms with Crippen LogP contribution < -0.4 is 5.32 Å². The maximum atomic E-state index is 11.3. The first-order valence-corrected chi connectivity index (χ1v) is 5.07. The highest BCUT2D eigenvalue weighted by atomic mass is 32.1. The van der Waals surface area contributed by atoms with Gasteiger partial charge in [0.25, 0.3) is 0 Å². The van der Waals surface area contributed by atoms with Gasteiger partial charge in [-0.05, 0) is 6.92 Å². The van der Waals surface area contributed by atoms with Crippen molar-refractivity contribution in [1.29, 1.82) is 5.26 Å². The third-order valence-electron chi connectivity index (χ3n) is 3.13. The molecule has 1 aliphatic rings. The number of thiocarbonyl (C=S) groups is 1. The molecule has 0 aromatic rings. The Bertz CT molecular complexity index is 350. The summed E-state index contributed by atoms with van der Waals surface area (Å²) in [7, 11) is 1.34. The van der Waals surface area contributed by atoms with Crippen LogP contribution in [-0.2, 0) is 9.53 Å². The van der Waals surface area contributed by atoms with Gasteiger partial charge < -0.3 is 10.1 Å². The Hall–Kier alpha value is -1.15. The minimum absolute atomic E-state index is 0.195. The Morgan fingerprint density at radius 1 is 1.73 bits per heavy atom. The molecule has 1 saturated heterocycles. The van der Waals surface area contributed by atoms with Gasteiger partial charge in [-0.2, -0.15) is 5.26 Å². The van der Waals surface area contributed by atoms with Crippen LogP contribution in [0.3, 0.4) is 0 Å². The largest absolute Gasteiger partial charge is 0.469 e. The molecule has 0 aliphatic carbocycles. The zero-order valence-electron chi connectivity index (χ0n) is 9.09. The van der Waals surface area contributed by atoms with Crippen molar-refractivity contribution in [3.8, 4) is 6.07 Å². The topological polar surface area (TPSA) is 62.1 Å². The fourth-order valence-electron chi connectivity index (χ4n) is 1.80. The number of nitrogens with one attached hydrogen (secondary N) is 1. The van der Waals surface area contributed by atoms with E-state index in [9.17, 15) is 4.79 Å². The van der Waals surface area contributed by atoms with Crippen molar-refractivity contribution in [2.75, 3.05) is 7.11 Å². The van der Waals surface area contributed by atoms with E-state index in [0.29, 0.717) is 11.4 Å². The number of hydrogen-bond acceptors (Lipinski definition) is 4. The Morgan fingerprint density at radius 2 is 2.33 bits per heavy atom. The van der Waals surface area contributed by atoms with E-state index >= 15 is 0 Å². The monoisotopic (exact) mass is 226 g/mol. The van der Waals surface area contributed by atoms with E-state index in [1.807, 2.05) is 6.92 Å². The van der Waals surface area contributed by atoms with Gasteiger partial charge >= 0.3 is 5.97 Å². The number of methoxy groups -OCH3 is 1. The molecular weight excluding hydrogens is 212 g/mol. The van der Waals surface area contributed by atoms with E-state index in [0.717, 1.165) is 0 Å². The van der Waals surface area contributed by atoms with Crippen LogP contribution in [0.4, 0.5) is 0 Å².